The van der Waals surface area contributed by atoms with Gasteiger partial charge in [0.1, 0.15) is 0 Å². The molecule has 0 bridgehead atoms. The van der Waals surface area contributed by atoms with Gasteiger partial charge in [0.15, 0.2) is 0 Å². The van der Waals surface area contributed by atoms with Crippen LogP contribution in [-0.2, 0) is 6.42 Å². The number of aliphatic hydroxyl groups excluding tert-OH is 1. The van der Waals surface area contributed by atoms with Gasteiger partial charge in [-0.15, -0.1) is 0 Å². The molecule has 3 aromatic rings. The monoisotopic (exact) mass is 303 g/mol. The van der Waals surface area contributed by atoms with Gasteiger partial charge in [-0.25, -0.2) is 4.98 Å². The molecule has 5 rings (SSSR count). The lowest BCUT2D eigenvalue weighted by Gasteiger charge is -2.25. The summed E-state index contributed by atoms with van der Waals surface area (Å²) in [5.74, 6) is 0.116. The third kappa shape index (κ3) is 1.70. The number of benzene rings is 1. The second-order valence-electron chi connectivity index (χ2n) is 6.56. The van der Waals surface area contributed by atoms with E-state index >= 15 is 0 Å². The maximum atomic E-state index is 10.9. The number of hydrogen-bond acceptors (Lipinski definition) is 3. The van der Waals surface area contributed by atoms with E-state index in [2.05, 4.69) is 44.9 Å². The summed E-state index contributed by atoms with van der Waals surface area (Å²) >= 11 is 0. The van der Waals surface area contributed by atoms with E-state index in [0.717, 1.165) is 23.4 Å². The highest BCUT2D eigenvalue weighted by atomic mass is 16.3. The number of aryl methyl sites for hydroxylation is 1. The summed E-state index contributed by atoms with van der Waals surface area (Å²) in [5.41, 5.74) is 6.86. The summed E-state index contributed by atoms with van der Waals surface area (Å²) in [5, 5.41) is 10.9. The van der Waals surface area contributed by atoms with E-state index in [1.165, 1.54) is 16.7 Å². The van der Waals surface area contributed by atoms with Crippen molar-refractivity contribution in [2.45, 2.75) is 25.5 Å². The topological polar surface area (TPSA) is 50.9 Å². The zero-order chi connectivity index (χ0) is 15.6. The zero-order valence-electron chi connectivity index (χ0n) is 12.8. The Kier molecular flexibility index (Phi) is 2.56. The first kappa shape index (κ1) is 13.0. The second kappa shape index (κ2) is 4.52. The van der Waals surface area contributed by atoms with E-state index in [1.54, 1.807) is 0 Å². The molecule has 0 amide bonds. The predicted molar refractivity (Wildman–Crippen MR) is 86.9 cm³/mol. The van der Waals surface area contributed by atoms with Crippen LogP contribution in [0.4, 0.5) is 0 Å². The van der Waals surface area contributed by atoms with Crippen molar-refractivity contribution in [3.05, 3.63) is 71.4 Å². The highest BCUT2D eigenvalue weighted by molar-refractivity contribution is 5.69. The summed E-state index contributed by atoms with van der Waals surface area (Å²) < 4.78 is 2.21. The van der Waals surface area contributed by atoms with E-state index in [9.17, 15) is 5.11 Å². The SMILES string of the molecule is Cc1cc2c(cn1)[C@@H](O)[C@@H](C1c3ccccc3-c3cncn31)C2. The summed E-state index contributed by atoms with van der Waals surface area (Å²) in [4.78, 5) is 8.68. The third-order valence-electron chi connectivity index (χ3n) is 5.27. The van der Waals surface area contributed by atoms with E-state index < -0.39 is 6.10 Å². The Morgan fingerprint density at radius 3 is 2.96 bits per heavy atom. The number of hydrogen-bond donors (Lipinski definition) is 1. The summed E-state index contributed by atoms with van der Waals surface area (Å²) in [7, 11) is 0. The highest BCUT2D eigenvalue weighted by Gasteiger charge is 2.42. The van der Waals surface area contributed by atoms with Gasteiger partial charge in [-0.05, 0) is 30.5 Å². The van der Waals surface area contributed by atoms with Gasteiger partial charge in [-0.1, -0.05) is 24.3 Å². The maximum Gasteiger partial charge on any atom is 0.0956 e. The normalized spacial score (nSPS) is 24.3. The zero-order valence-corrected chi connectivity index (χ0v) is 12.8. The van der Waals surface area contributed by atoms with Gasteiger partial charge in [0.05, 0.1) is 30.4 Å². The van der Waals surface area contributed by atoms with Crippen LogP contribution in [0.25, 0.3) is 11.3 Å². The largest absolute Gasteiger partial charge is 0.388 e. The molecule has 2 aliphatic rings. The number of fused-ring (bicyclic) bond motifs is 4. The Hall–Kier alpha value is -2.46. The minimum atomic E-state index is -0.482. The molecule has 3 atom stereocenters. The van der Waals surface area contributed by atoms with Crippen molar-refractivity contribution in [3.63, 3.8) is 0 Å². The van der Waals surface area contributed by atoms with E-state index in [-0.39, 0.29) is 12.0 Å². The van der Waals surface area contributed by atoms with Crippen LogP contribution >= 0.6 is 0 Å². The molecule has 4 heteroatoms. The quantitative estimate of drug-likeness (QED) is 0.751. The fourth-order valence-corrected chi connectivity index (χ4v) is 4.26. The minimum absolute atomic E-state index is 0.116. The number of aromatic nitrogens is 3. The summed E-state index contributed by atoms with van der Waals surface area (Å²) in [6.07, 6.45) is 6.03. The van der Waals surface area contributed by atoms with Crippen LogP contribution < -0.4 is 0 Å². The smallest absolute Gasteiger partial charge is 0.0956 e. The Labute approximate surface area is 134 Å². The van der Waals surface area contributed by atoms with Crippen molar-refractivity contribution in [2.24, 2.45) is 5.92 Å². The molecule has 3 heterocycles. The Balaban J connectivity index is 1.64. The van der Waals surface area contributed by atoms with Crippen LogP contribution in [0.15, 0.2) is 49.1 Å². The number of pyridine rings is 1. The summed E-state index contributed by atoms with van der Waals surface area (Å²) in [6.45, 7) is 2.00. The third-order valence-corrected chi connectivity index (χ3v) is 5.27. The Morgan fingerprint density at radius 1 is 1.17 bits per heavy atom. The summed E-state index contributed by atoms with van der Waals surface area (Å²) in [6, 6.07) is 10.7. The first-order chi connectivity index (χ1) is 11.2. The molecule has 0 saturated heterocycles. The van der Waals surface area contributed by atoms with Crippen LogP contribution in [0.5, 0.6) is 0 Å². The van der Waals surface area contributed by atoms with Crippen LogP contribution in [0.2, 0.25) is 0 Å². The molecule has 0 saturated carbocycles. The highest BCUT2D eigenvalue weighted by Crippen LogP contribution is 2.50. The second-order valence-corrected chi connectivity index (χ2v) is 6.56. The molecule has 1 aliphatic carbocycles. The molecule has 1 aromatic carbocycles. The van der Waals surface area contributed by atoms with Crippen LogP contribution in [-0.4, -0.2) is 19.6 Å². The van der Waals surface area contributed by atoms with Crippen molar-refractivity contribution in [1.82, 2.24) is 14.5 Å². The Morgan fingerprint density at radius 2 is 2.04 bits per heavy atom. The molecule has 0 fully saturated rings. The molecule has 0 spiro atoms. The molecule has 1 unspecified atom stereocenters. The molecule has 114 valence electrons. The van der Waals surface area contributed by atoms with E-state index in [0.29, 0.717) is 0 Å². The number of nitrogens with zero attached hydrogens (tertiary/aromatic N) is 3. The molecule has 0 radical (unpaired) electrons. The number of aliphatic hydroxyl groups is 1. The van der Waals surface area contributed by atoms with Crippen LogP contribution in [0.1, 0.15) is 34.5 Å². The maximum absolute atomic E-state index is 10.9. The molecule has 2 aromatic heterocycles. The average Bonchev–Trinajstić information content (AvgIpc) is 3.21. The number of imidazole rings is 1. The van der Waals surface area contributed by atoms with Gasteiger partial charge in [0.25, 0.3) is 0 Å². The lowest BCUT2D eigenvalue weighted by atomic mass is 9.88. The van der Waals surface area contributed by atoms with Crippen molar-refractivity contribution in [3.8, 4) is 11.3 Å². The number of rotatable bonds is 1. The first-order valence-corrected chi connectivity index (χ1v) is 7.98. The lowest BCUT2D eigenvalue weighted by Crippen LogP contribution is -2.21. The van der Waals surface area contributed by atoms with Crippen LogP contribution in [0.3, 0.4) is 0 Å². The molecular formula is C19H17N3O. The first-order valence-electron chi connectivity index (χ1n) is 7.98. The lowest BCUT2D eigenvalue weighted by molar-refractivity contribution is 0.101. The van der Waals surface area contributed by atoms with Gasteiger partial charge >= 0.3 is 0 Å². The minimum Gasteiger partial charge on any atom is -0.388 e. The van der Waals surface area contributed by atoms with Crippen molar-refractivity contribution >= 4 is 0 Å². The molecular weight excluding hydrogens is 286 g/mol. The standard InChI is InChI=1S/C19H17N3O/c1-11-6-12-7-15(19(23)16(12)8-21-11)18-14-5-3-2-4-13(14)17-9-20-10-22(17)18/h2-6,8-10,15,18-19,23H,7H2,1H3/t15-,18?,19+/m1/s1. The van der Waals surface area contributed by atoms with Gasteiger partial charge in [0, 0.05) is 28.9 Å². The van der Waals surface area contributed by atoms with Crippen molar-refractivity contribution in [1.29, 1.82) is 0 Å². The average molecular weight is 303 g/mol. The van der Waals surface area contributed by atoms with Gasteiger partial charge < -0.3 is 9.67 Å². The molecule has 4 nitrogen and oxygen atoms in total. The fraction of sp³-hybridized carbons (Fsp3) is 0.263. The van der Waals surface area contributed by atoms with Crippen LogP contribution in [0, 0.1) is 12.8 Å². The molecule has 23 heavy (non-hydrogen) atoms. The van der Waals surface area contributed by atoms with E-state index in [1.807, 2.05) is 25.6 Å². The predicted octanol–water partition coefficient (Wildman–Crippen LogP) is 3.06. The molecule has 1 N–H and O–H groups in total. The van der Waals surface area contributed by atoms with Crippen molar-refractivity contribution in [2.75, 3.05) is 0 Å². The molecule has 1 aliphatic heterocycles. The van der Waals surface area contributed by atoms with Gasteiger partial charge in [0.2, 0.25) is 0 Å². The van der Waals surface area contributed by atoms with E-state index in [4.69, 9.17) is 0 Å². The Bertz CT molecular complexity index is 914. The van der Waals surface area contributed by atoms with Crippen molar-refractivity contribution < 1.29 is 5.11 Å². The fourth-order valence-electron chi connectivity index (χ4n) is 4.26. The van der Waals surface area contributed by atoms with Gasteiger partial charge in [-0.3, -0.25) is 4.98 Å². The van der Waals surface area contributed by atoms with Gasteiger partial charge in [-0.2, -0.15) is 0 Å².